The van der Waals surface area contributed by atoms with E-state index in [0.29, 0.717) is 0 Å². The molecule has 2 rings (SSSR count). The van der Waals surface area contributed by atoms with E-state index in [9.17, 15) is 20.0 Å². The number of carbonyl (C=O) groups is 1. The number of hydrogen-bond acceptors (Lipinski definition) is 8. The number of nitro groups is 1. The van der Waals surface area contributed by atoms with E-state index in [1.165, 1.54) is 13.2 Å². The quantitative estimate of drug-likeness (QED) is 0.478. The smallest absolute Gasteiger partial charge is 0.361 e. The van der Waals surface area contributed by atoms with Crippen LogP contribution >= 0.6 is 0 Å². The molecular weight excluding hydrogens is 296 g/mol. The van der Waals surface area contributed by atoms with Gasteiger partial charge in [0.2, 0.25) is 5.75 Å². The highest BCUT2D eigenvalue weighted by Gasteiger charge is 2.25. The molecule has 0 saturated carbocycles. The molecule has 0 aliphatic carbocycles. The van der Waals surface area contributed by atoms with E-state index in [-0.39, 0.29) is 29.3 Å². The van der Waals surface area contributed by atoms with Gasteiger partial charge in [-0.3, -0.25) is 10.1 Å². The first-order chi connectivity index (χ1) is 10.5. The number of aromatic hydroxyl groups is 1. The first kappa shape index (κ1) is 15.2. The second-order valence-electron chi connectivity index (χ2n) is 4.04. The number of aromatic nitrogens is 3. The summed E-state index contributed by atoms with van der Waals surface area (Å²) < 4.78 is 9.72. The summed E-state index contributed by atoms with van der Waals surface area (Å²) in [7, 11) is 1.25. The number of rotatable bonds is 5. The summed E-state index contributed by atoms with van der Waals surface area (Å²) in [4.78, 5) is 22.0. The average molecular weight is 308 g/mol. The molecule has 0 atom stereocenters. The van der Waals surface area contributed by atoms with Crippen molar-refractivity contribution in [1.29, 1.82) is 0 Å². The zero-order valence-corrected chi connectivity index (χ0v) is 11.7. The molecule has 0 radical (unpaired) electrons. The Bertz CT molecular complexity index is 726. The van der Waals surface area contributed by atoms with Gasteiger partial charge in [-0.1, -0.05) is 0 Å². The molecule has 0 aliphatic heterocycles. The summed E-state index contributed by atoms with van der Waals surface area (Å²) in [5, 5.41) is 30.5. The van der Waals surface area contributed by atoms with Crippen LogP contribution < -0.4 is 4.74 Å². The number of aromatic amines is 1. The Balaban J connectivity index is 2.59. The molecule has 1 aromatic heterocycles. The number of ether oxygens (including phenoxy) is 2. The standard InChI is InChI=1S/C12H12N4O6/c1-3-22-12(18)10-9(13-15-14-10)6-4-7(16(19)20)11(17)8(5-6)21-2/h4-5,17H,3H2,1-2H3,(H,13,14,15). The van der Waals surface area contributed by atoms with Crippen LogP contribution in [0.1, 0.15) is 17.4 Å². The summed E-state index contributed by atoms with van der Waals surface area (Å²) in [6.07, 6.45) is 0. The van der Waals surface area contributed by atoms with E-state index in [1.54, 1.807) is 6.92 Å². The number of H-pyrrole nitrogens is 1. The van der Waals surface area contributed by atoms with E-state index in [4.69, 9.17) is 9.47 Å². The third-order valence-corrected chi connectivity index (χ3v) is 2.76. The maximum atomic E-state index is 11.8. The lowest BCUT2D eigenvalue weighted by atomic mass is 10.1. The van der Waals surface area contributed by atoms with Crippen molar-refractivity contribution in [2.24, 2.45) is 0 Å². The van der Waals surface area contributed by atoms with Crippen LogP contribution in [0.3, 0.4) is 0 Å². The van der Waals surface area contributed by atoms with Crippen molar-refractivity contribution in [2.75, 3.05) is 13.7 Å². The summed E-state index contributed by atoms with van der Waals surface area (Å²) in [5.74, 6) is -1.46. The van der Waals surface area contributed by atoms with Gasteiger partial charge in [-0.05, 0) is 13.0 Å². The molecule has 0 saturated heterocycles. The largest absolute Gasteiger partial charge is 0.500 e. The monoisotopic (exact) mass is 308 g/mol. The maximum Gasteiger partial charge on any atom is 0.361 e. The normalized spacial score (nSPS) is 10.3. The molecule has 0 fully saturated rings. The van der Waals surface area contributed by atoms with Crippen molar-refractivity contribution < 1.29 is 24.3 Å². The van der Waals surface area contributed by atoms with Crippen molar-refractivity contribution in [3.63, 3.8) is 0 Å². The SMILES string of the molecule is CCOC(=O)c1n[nH]nc1-c1cc(OC)c(O)c([N+](=O)[O-])c1. The number of phenolic OH excluding ortho intramolecular Hbond substituents is 1. The Hall–Kier alpha value is -3.17. The fourth-order valence-electron chi connectivity index (χ4n) is 1.80. The number of methoxy groups -OCH3 is 1. The van der Waals surface area contributed by atoms with Crippen LogP contribution in [0.15, 0.2) is 12.1 Å². The average Bonchev–Trinajstić information content (AvgIpc) is 2.97. The van der Waals surface area contributed by atoms with E-state index >= 15 is 0 Å². The molecular formula is C12H12N4O6. The summed E-state index contributed by atoms with van der Waals surface area (Å²) in [6.45, 7) is 1.77. The van der Waals surface area contributed by atoms with Gasteiger partial charge in [-0.25, -0.2) is 4.79 Å². The molecule has 10 nitrogen and oxygen atoms in total. The summed E-state index contributed by atoms with van der Waals surface area (Å²) in [5.41, 5.74) is -0.464. The lowest BCUT2D eigenvalue weighted by molar-refractivity contribution is -0.385. The van der Waals surface area contributed by atoms with Crippen molar-refractivity contribution >= 4 is 11.7 Å². The summed E-state index contributed by atoms with van der Waals surface area (Å²) in [6, 6.07) is 2.38. The van der Waals surface area contributed by atoms with Gasteiger partial charge in [0.25, 0.3) is 0 Å². The molecule has 0 amide bonds. The minimum absolute atomic E-state index is 0.0554. The molecule has 2 N–H and O–H groups in total. The van der Waals surface area contributed by atoms with E-state index in [0.717, 1.165) is 6.07 Å². The first-order valence-corrected chi connectivity index (χ1v) is 6.13. The fraction of sp³-hybridized carbons (Fsp3) is 0.250. The third kappa shape index (κ3) is 2.66. The number of nitro benzene ring substituents is 1. The molecule has 22 heavy (non-hydrogen) atoms. The molecule has 0 aliphatic rings. The topological polar surface area (TPSA) is 140 Å². The lowest BCUT2D eigenvalue weighted by Crippen LogP contribution is -2.07. The van der Waals surface area contributed by atoms with E-state index in [1.807, 2.05) is 0 Å². The number of phenols is 1. The van der Waals surface area contributed by atoms with Crippen molar-refractivity contribution in [3.05, 3.63) is 27.9 Å². The molecule has 0 bridgehead atoms. The lowest BCUT2D eigenvalue weighted by Gasteiger charge is -2.07. The van der Waals surface area contributed by atoms with Gasteiger partial charge < -0.3 is 14.6 Å². The number of hydrogen-bond donors (Lipinski definition) is 2. The molecule has 2 aromatic rings. The molecule has 0 unspecified atom stereocenters. The van der Waals surface area contributed by atoms with Crippen molar-refractivity contribution in [1.82, 2.24) is 15.4 Å². The van der Waals surface area contributed by atoms with Gasteiger partial charge >= 0.3 is 11.7 Å². The number of nitrogens with zero attached hydrogens (tertiary/aromatic N) is 3. The van der Waals surface area contributed by atoms with E-state index < -0.39 is 22.3 Å². The molecule has 0 spiro atoms. The highest BCUT2D eigenvalue weighted by Crippen LogP contribution is 2.40. The number of esters is 1. The Morgan fingerprint density at radius 3 is 2.77 bits per heavy atom. The van der Waals surface area contributed by atoms with Crippen LogP contribution in [0.5, 0.6) is 11.5 Å². The van der Waals surface area contributed by atoms with Crippen LogP contribution in [0.25, 0.3) is 11.3 Å². The fourth-order valence-corrected chi connectivity index (χ4v) is 1.80. The molecule has 116 valence electrons. The van der Waals surface area contributed by atoms with E-state index in [2.05, 4.69) is 15.4 Å². The Morgan fingerprint density at radius 1 is 1.45 bits per heavy atom. The highest BCUT2D eigenvalue weighted by molar-refractivity contribution is 5.94. The Morgan fingerprint density at radius 2 is 2.18 bits per heavy atom. The van der Waals surface area contributed by atoms with Gasteiger partial charge in [0.1, 0.15) is 5.69 Å². The summed E-state index contributed by atoms with van der Waals surface area (Å²) >= 11 is 0. The number of carbonyl (C=O) groups excluding carboxylic acids is 1. The number of nitrogens with one attached hydrogen (secondary N) is 1. The number of benzene rings is 1. The Labute approximate surface area is 123 Å². The van der Waals surface area contributed by atoms with Gasteiger partial charge in [0.15, 0.2) is 11.4 Å². The maximum absolute atomic E-state index is 11.8. The third-order valence-electron chi connectivity index (χ3n) is 2.76. The molecule has 10 heteroatoms. The second kappa shape index (κ2) is 6.08. The van der Waals surface area contributed by atoms with Gasteiger partial charge in [-0.2, -0.15) is 10.3 Å². The van der Waals surface area contributed by atoms with Gasteiger partial charge in [-0.15, -0.1) is 5.10 Å². The first-order valence-electron chi connectivity index (χ1n) is 6.13. The van der Waals surface area contributed by atoms with Crippen molar-refractivity contribution in [3.8, 4) is 22.8 Å². The Kier molecular flexibility index (Phi) is 4.20. The van der Waals surface area contributed by atoms with Gasteiger partial charge in [0.05, 0.1) is 18.6 Å². The van der Waals surface area contributed by atoms with Crippen LogP contribution in [-0.4, -0.2) is 45.1 Å². The predicted octanol–water partition coefficient (Wildman–Crippen LogP) is 1.27. The minimum Gasteiger partial charge on any atom is -0.500 e. The van der Waals surface area contributed by atoms with Crippen LogP contribution in [-0.2, 0) is 4.74 Å². The zero-order valence-electron chi connectivity index (χ0n) is 11.7. The zero-order chi connectivity index (χ0) is 16.3. The predicted molar refractivity (Wildman–Crippen MR) is 72.6 cm³/mol. The van der Waals surface area contributed by atoms with Crippen LogP contribution in [0.4, 0.5) is 5.69 Å². The van der Waals surface area contributed by atoms with Gasteiger partial charge in [0, 0.05) is 11.6 Å². The minimum atomic E-state index is -0.772. The van der Waals surface area contributed by atoms with Crippen LogP contribution in [0, 0.1) is 10.1 Å². The van der Waals surface area contributed by atoms with Crippen LogP contribution in [0.2, 0.25) is 0 Å². The highest BCUT2D eigenvalue weighted by atomic mass is 16.6. The molecule has 1 heterocycles. The molecule has 1 aromatic carbocycles. The second-order valence-corrected chi connectivity index (χ2v) is 4.04. The van der Waals surface area contributed by atoms with Crippen molar-refractivity contribution in [2.45, 2.75) is 6.92 Å².